The standard InChI is InChI=1S/C19H27ClO3/c1-7-8-13(2)11-14(3)16-12-15(20)9-10-17(16)23-19(4,5)18(21)22-6/h8-10,12,14H,7,11H2,1-6H3/b13-8-. The number of halogens is 1. The third kappa shape index (κ3) is 5.58. The molecule has 0 saturated heterocycles. The number of carbonyl (C=O) groups is 1. The van der Waals surface area contributed by atoms with Gasteiger partial charge in [-0.05, 0) is 63.3 Å². The molecule has 0 heterocycles. The van der Waals surface area contributed by atoms with E-state index in [4.69, 9.17) is 21.1 Å². The molecule has 0 saturated carbocycles. The van der Waals surface area contributed by atoms with Crippen LogP contribution in [0.15, 0.2) is 29.8 Å². The predicted molar refractivity (Wildman–Crippen MR) is 95.3 cm³/mol. The second-order valence-electron chi connectivity index (χ2n) is 6.35. The quantitative estimate of drug-likeness (QED) is 0.485. The number of allylic oxidation sites excluding steroid dienone is 2. The van der Waals surface area contributed by atoms with Gasteiger partial charge in [0.05, 0.1) is 7.11 Å². The first kappa shape index (κ1) is 19.6. The van der Waals surface area contributed by atoms with Crippen LogP contribution in [0, 0.1) is 0 Å². The molecule has 1 atom stereocenters. The molecule has 1 rings (SSSR count). The van der Waals surface area contributed by atoms with Gasteiger partial charge in [-0.15, -0.1) is 0 Å². The lowest BCUT2D eigenvalue weighted by atomic mass is 9.93. The van der Waals surface area contributed by atoms with Crippen LogP contribution in [-0.2, 0) is 9.53 Å². The third-order valence-electron chi connectivity index (χ3n) is 3.73. The van der Waals surface area contributed by atoms with E-state index in [1.54, 1.807) is 19.9 Å². The van der Waals surface area contributed by atoms with Crippen LogP contribution in [0.25, 0.3) is 0 Å². The number of ether oxygens (including phenoxy) is 2. The Labute approximate surface area is 144 Å². The van der Waals surface area contributed by atoms with E-state index in [9.17, 15) is 4.79 Å². The molecule has 128 valence electrons. The van der Waals surface area contributed by atoms with Crippen LogP contribution >= 0.6 is 11.6 Å². The summed E-state index contributed by atoms with van der Waals surface area (Å²) in [5, 5.41) is 0.659. The minimum Gasteiger partial charge on any atom is -0.476 e. The Kier molecular flexibility index (Phi) is 7.14. The number of hydrogen-bond acceptors (Lipinski definition) is 3. The summed E-state index contributed by atoms with van der Waals surface area (Å²) < 4.78 is 10.8. The van der Waals surface area contributed by atoms with E-state index in [1.807, 2.05) is 12.1 Å². The largest absolute Gasteiger partial charge is 0.476 e. The Hall–Kier alpha value is -1.48. The van der Waals surface area contributed by atoms with Gasteiger partial charge in [-0.3, -0.25) is 0 Å². The molecule has 1 aromatic carbocycles. The number of carbonyl (C=O) groups excluding carboxylic acids is 1. The van der Waals surface area contributed by atoms with Crippen LogP contribution in [0.2, 0.25) is 5.02 Å². The van der Waals surface area contributed by atoms with E-state index in [1.165, 1.54) is 12.7 Å². The molecule has 1 unspecified atom stereocenters. The Balaban J connectivity index is 3.10. The highest BCUT2D eigenvalue weighted by molar-refractivity contribution is 6.30. The van der Waals surface area contributed by atoms with Crippen LogP contribution in [-0.4, -0.2) is 18.7 Å². The summed E-state index contributed by atoms with van der Waals surface area (Å²) in [5.74, 6) is 0.495. The lowest BCUT2D eigenvalue weighted by Gasteiger charge is -2.26. The molecular formula is C19H27ClO3. The van der Waals surface area contributed by atoms with Crippen LogP contribution < -0.4 is 4.74 Å². The fourth-order valence-corrected chi connectivity index (χ4v) is 2.76. The molecule has 0 aromatic heterocycles. The summed E-state index contributed by atoms with van der Waals surface area (Å²) >= 11 is 6.16. The Morgan fingerprint density at radius 2 is 2.04 bits per heavy atom. The van der Waals surface area contributed by atoms with Crippen molar-refractivity contribution >= 4 is 17.6 Å². The van der Waals surface area contributed by atoms with Crippen molar-refractivity contribution in [2.24, 2.45) is 0 Å². The Morgan fingerprint density at radius 1 is 1.39 bits per heavy atom. The van der Waals surface area contributed by atoms with Crippen LogP contribution in [0.4, 0.5) is 0 Å². The molecule has 0 fully saturated rings. The highest BCUT2D eigenvalue weighted by Crippen LogP contribution is 2.35. The molecule has 23 heavy (non-hydrogen) atoms. The van der Waals surface area contributed by atoms with Crippen molar-refractivity contribution in [1.82, 2.24) is 0 Å². The number of rotatable bonds is 7. The summed E-state index contributed by atoms with van der Waals surface area (Å²) in [5.41, 5.74) is 1.28. The molecule has 0 N–H and O–H groups in total. The average molecular weight is 339 g/mol. The van der Waals surface area contributed by atoms with Crippen LogP contribution in [0.5, 0.6) is 5.75 Å². The molecule has 0 spiro atoms. The normalized spacial score (nSPS) is 13.6. The summed E-state index contributed by atoms with van der Waals surface area (Å²) in [4.78, 5) is 11.9. The molecule has 3 nitrogen and oxygen atoms in total. The molecule has 0 aliphatic rings. The minimum absolute atomic E-state index is 0.236. The van der Waals surface area contributed by atoms with Crippen molar-refractivity contribution in [2.45, 2.75) is 59.0 Å². The number of benzene rings is 1. The topological polar surface area (TPSA) is 35.5 Å². The van der Waals surface area contributed by atoms with Crippen molar-refractivity contribution in [1.29, 1.82) is 0 Å². The zero-order valence-corrected chi connectivity index (χ0v) is 15.7. The van der Waals surface area contributed by atoms with Crippen molar-refractivity contribution in [2.75, 3.05) is 7.11 Å². The fourth-order valence-electron chi connectivity index (χ4n) is 2.58. The van der Waals surface area contributed by atoms with Gasteiger partial charge in [-0.25, -0.2) is 4.79 Å². The Morgan fingerprint density at radius 3 is 2.61 bits per heavy atom. The van der Waals surface area contributed by atoms with Gasteiger partial charge in [0, 0.05) is 5.02 Å². The van der Waals surface area contributed by atoms with E-state index in [2.05, 4.69) is 26.8 Å². The summed E-state index contributed by atoms with van der Waals surface area (Å²) in [6.45, 7) is 9.79. The zero-order valence-electron chi connectivity index (χ0n) is 14.9. The molecule has 0 aliphatic heterocycles. The van der Waals surface area contributed by atoms with Crippen molar-refractivity contribution in [3.8, 4) is 5.75 Å². The Bertz CT molecular complexity index is 576. The first-order valence-corrected chi connectivity index (χ1v) is 8.31. The number of hydrogen-bond donors (Lipinski definition) is 0. The predicted octanol–water partition coefficient (Wildman–Crippen LogP) is 5.52. The molecule has 0 aliphatic carbocycles. The summed E-state index contributed by atoms with van der Waals surface area (Å²) in [7, 11) is 1.36. The molecule has 1 aromatic rings. The van der Waals surface area contributed by atoms with Gasteiger partial charge in [0.2, 0.25) is 0 Å². The van der Waals surface area contributed by atoms with Gasteiger partial charge in [0.15, 0.2) is 5.60 Å². The maximum absolute atomic E-state index is 11.9. The lowest BCUT2D eigenvalue weighted by Crippen LogP contribution is -2.39. The molecule has 0 radical (unpaired) electrons. The first-order valence-electron chi connectivity index (χ1n) is 7.93. The number of methoxy groups -OCH3 is 1. The molecule has 4 heteroatoms. The van der Waals surface area contributed by atoms with Gasteiger partial charge in [0.1, 0.15) is 5.75 Å². The molecular weight excluding hydrogens is 312 g/mol. The van der Waals surface area contributed by atoms with Crippen molar-refractivity contribution < 1.29 is 14.3 Å². The SMILES string of the molecule is CC/C=C(/C)CC(C)c1cc(Cl)ccc1OC(C)(C)C(=O)OC. The third-order valence-corrected chi connectivity index (χ3v) is 3.96. The monoisotopic (exact) mass is 338 g/mol. The molecule has 0 amide bonds. The van der Waals surface area contributed by atoms with Gasteiger partial charge in [-0.1, -0.05) is 37.1 Å². The van der Waals surface area contributed by atoms with Gasteiger partial charge >= 0.3 is 5.97 Å². The smallest absolute Gasteiger partial charge is 0.349 e. The van der Waals surface area contributed by atoms with Crippen LogP contribution in [0.3, 0.4) is 0 Å². The van der Waals surface area contributed by atoms with Crippen LogP contribution in [0.1, 0.15) is 58.9 Å². The van der Waals surface area contributed by atoms with E-state index in [-0.39, 0.29) is 5.92 Å². The van der Waals surface area contributed by atoms with E-state index < -0.39 is 11.6 Å². The fraction of sp³-hybridized carbons (Fsp3) is 0.526. The maximum Gasteiger partial charge on any atom is 0.349 e. The van der Waals surface area contributed by atoms with Crippen molar-refractivity contribution in [3.63, 3.8) is 0 Å². The van der Waals surface area contributed by atoms with Gasteiger partial charge in [-0.2, -0.15) is 0 Å². The number of esters is 1. The second kappa shape index (κ2) is 8.39. The minimum atomic E-state index is -1.05. The average Bonchev–Trinajstić information content (AvgIpc) is 2.48. The van der Waals surface area contributed by atoms with Gasteiger partial charge in [0.25, 0.3) is 0 Å². The summed E-state index contributed by atoms with van der Waals surface area (Å²) in [6, 6.07) is 5.50. The lowest BCUT2D eigenvalue weighted by molar-refractivity contribution is -0.156. The second-order valence-corrected chi connectivity index (χ2v) is 6.79. The van der Waals surface area contributed by atoms with E-state index in [0.717, 1.165) is 18.4 Å². The maximum atomic E-state index is 11.9. The summed E-state index contributed by atoms with van der Waals surface area (Å²) in [6.07, 6.45) is 4.16. The van der Waals surface area contributed by atoms with Gasteiger partial charge < -0.3 is 9.47 Å². The highest BCUT2D eigenvalue weighted by atomic mass is 35.5. The molecule has 0 bridgehead atoms. The van der Waals surface area contributed by atoms with E-state index in [0.29, 0.717) is 10.8 Å². The zero-order chi connectivity index (χ0) is 17.6. The first-order chi connectivity index (χ1) is 10.7. The van der Waals surface area contributed by atoms with E-state index >= 15 is 0 Å². The highest BCUT2D eigenvalue weighted by Gasteiger charge is 2.32. The van der Waals surface area contributed by atoms with Crippen molar-refractivity contribution in [3.05, 3.63) is 40.4 Å².